The van der Waals surface area contributed by atoms with Crippen molar-refractivity contribution in [3.05, 3.63) is 59.0 Å². The molecule has 0 atom stereocenters. The van der Waals surface area contributed by atoms with Crippen LogP contribution < -0.4 is 20.6 Å². The Morgan fingerprint density at radius 3 is 2.59 bits per heavy atom. The number of rotatable bonds is 6. The van der Waals surface area contributed by atoms with E-state index in [-0.39, 0.29) is 18.1 Å². The molecule has 4 aromatic rings. The van der Waals surface area contributed by atoms with Gasteiger partial charge in [-0.1, -0.05) is 12.1 Å². The largest absolute Gasteiger partial charge is 0.494 e. The summed E-state index contributed by atoms with van der Waals surface area (Å²) in [5.41, 5.74) is 2.14. The Hall–Kier alpha value is -3.88. The van der Waals surface area contributed by atoms with E-state index in [9.17, 15) is 9.59 Å². The average Bonchev–Trinajstić information content (AvgIpc) is 3.44. The van der Waals surface area contributed by atoms with Crippen LogP contribution in [0.15, 0.2) is 53.3 Å². The van der Waals surface area contributed by atoms with Crippen LogP contribution >= 0.6 is 0 Å². The van der Waals surface area contributed by atoms with Crippen LogP contribution in [0.25, 0.3) is 16.7 Å². The summed E-state index contributed by atoms with van der Waals surface area (Å²) in [5, 5.41) is 7.32. The first-order valence-electron chi connectivity index (χ1n) is 10.8. The maximum Gasteiger partial charge on any atom is 0.351 e. The third kappa shape index (κ3) is 3.66. The van der Waals surface area contributed by atoms with Crippen molar-refractivity contribution in [1.29, 1.82) is 0 Å². The summed E-state index contributed by atoms with van der Waals surface area (Å²) in [7, 11) is 0. The molecule has 0 spiro atoms. The lowest BCUT2D eigenvalue weighted by Gasteiger charge is -2.17. The molecule has 0 saturated carbocycles. The molecule has 5 rings (SSSR count). The number of nitrogens with one attached hydrogen (secondary N) is 1. The maximum atomic E-state index is 13.2. The number of nitrogens with zero attached hydrogens (tertiary/aromatic N) is 5. The van der Waals surface area contributed by atoms with Crippen LogP contribution in [-0.2, 0) is 11.3 Å². The Labute approximate surface area is 184 Å². The van der Waals surface area contributed by atoms with Crippen LogP contribution in [0.5, 0.6) is 5.75 Å². The molecule has 0 radical (unpaired) electrons. The van der Waals surface area contributed by atoms with E-state index in [0.29, 0.717) is 29.3 Å². The van der Waals surface area contributed by atoms with Crippen molar-refractivity contribution in [2.45, 2.75) is 26.3 Å². The van der Waals surface area contributed by atoms with Gasteiger partial charge in [0.05, 0.1) is 17.6 Å². The fourth-order valence-corrected chi connectivity index (χ4v) is 4.06. The summed E-state index contributed by atoms with van der Waals surface area (Å²) >= 11 is 0. The fraction of sp³-hybridized carbons (Fsp3) is 0.304. The molecule has 1 aliphatic heterocycles. The molecule has 9 heteroatoms. The Bertz CT molecular complexity index is 1340. The van der Waals surface area contributed by atoms with Crippen LogP contribution in [0.1, 0.15) is 19.8 Å². The number of hydrogen-bond donors (Lipinski definition) is 1. The van der Waals surface area contributed by atoms with E-state index in [0.717, 1.165) is 37.2 Å². The molecule has 1 N–H and O–H groups in total. The first kappa shape index (κ1) is 20.0. The summed E-state index contributed by atoms with van der Waals surface area (Å²) in [5.74, 6) is 1.08. The van der Waals surface area contributed by atoms with Gasteiger partial charge in [0.15, 0.2) is 5.82 Å². The third-order valence-corrected chi connectivity index (χ3v) is 5.54. The number of amides is 1. The van der Waals surface area contributed by atoms with Gasteiger partial charge in [-0.3, -0.25) is 4.79 Å². The number of benzene rings is 2. The lowest BCUT2D eigenvalue weighted by atomic mass is 10.3. The molecule has 0 aliphatic carbocycles. The summed E-state index contributed by atoms with van der Waals surface area (Å²) in [6.07, 6.45) is 2.16. The maximum absolute atomic E-state index is 13.2. The predicted octanol–water partition coefficient (Wildman–Crippen LogP) is 2.68. The van der Waals surface area contributed by atoms with Crippen molar-refractivity contribution in [1.82, 2.24) is 19.2 Å². The molecule has 164 valence electrons. The predicted molar refractivity (Wildman–Crippen MR) is 122 cm³/mol. The molecule has 1 fully saturated rings. The quantitative estimate of drug-likeness (QED) is 0.504. The minimum atomic E-state index is -0.360. The molecular weight excluding hydrogens is 408 g/mol. The van der Waals surface area contributed by atoms with E-state index in [4.69, 9.17) is 9.72 Å². The van der Waals surface area contributed by atoms with Gasteiger partial charge in [0, 0.05) is 18.8 Å². The molecule has 2 aromatic heterocycles. The van der Waals surface area contributed by atoms with E-state index >= 15 is 0 Å². The normalized spacial score (nSPS) is 13.7. The number of para-hydroxylation sites is 2. The average molecular weight is 432 g/mol. The molecule has 0 unspecified atom stereocenters. The van der Waals surface area contributed by atoms with E-state index in [1.54, 1.807) is 28.7 Å². The number of fused-ring (bicyclic) bond motifs is 3. The highest BCUT2D eigenvalue weighted by Gasteiger charge is 2.23. The van der Waals surface area contributed by atoms with E-state index in [1.165, 1.54) is 4.68 Å². The van der Waals surface area contributed by atoms with Crippen molar-refractivity contribution in [3.63, 3.8) is 0 Å². The molecule has 3 heterocycles. The topological polar surface area (TPSA) is 93.8 Å². The van der Waals surface area contributed by atoms with Gasteiger partial charge < -0.3 is 15.0 Å². The monoisotopic (exact) mass is 432 g/mol. The number of ether oxygens (including phenoxy) is 1. The van der Waals surface area contributed by atoms with Gasteiger partial charge in [-0.25, -0.2) is 18.9 Å². The first-order chi connectivity index (χ1) is 15.6. The minimum Gasteiger partial charge on any atom is -0.494 e. The van der Waals surface area contributed by atoms with Crippen LogP contribution in [0.2, 0.25) is 0 Å². The second kappa shape index (κ2) is 8.33. The second-order valence-electron chi connectivity index (χ2n) is 7.72. The Balaban J connectivity index is 1.48. The van der Waals surface area contributed by atoms with Crippen LogP contribution in [0.4, 0.5) is 11.5 Å². The third-order valence-electron chi connectivity index (χ3n) is 5.54. The van der Waals surface area contributed by atoms with Crippen molar-refractivity contribution >= 4 is 34.1 Å². The highest BCUT2D eigenvalue weighted by molar-refractivity contribution is 5.90. The highest BCUT2D eigenvalue weighted by atomic mass is 16.5. The van der Waals surface area contributed by atoms with Gasteiger partial charge in [-0.2, -0.15) is 0 Å². The summed E-state index contributed by atoms with van der Waals surface area (Å²) in [4.78, 5) is 32.8. The standard InChI is InChI=1S/C23H24N6O3/c1-2-32-17-11-9-16(10-12-17)24-20(30)15-28-23(31)29-19-8-4-3-7-18(19)25-21(22(29)26-28)27-13-5-6-14-27/h3-4,7-12H,2,5-6,13-15H2,1H3,(H,24,30). The van der Waals surface area contributed by atoms with Gasteiger partial charge in [-0.05, 0) is 56.2 Å². The summed E-state index contributed by atoms with van der Waals surface area (Å²) in [6.45, 7) is 4.05. The number of carbonyl (C=O) groups is 1. The number of aromatic nitrogens is 4. The van der Waals surface area contributed by atoms with Crippen molar-refractivity contribution in [2.24, 2.45) is 0 Å². The zero-order chi connectivity index (χ0) is 22.1. The van der Waals surface area contributed by atoms with Crippen LogP contribution in [0, 0.1) is 0 Å². The van der Waals surface area contributed by atoms with Gasteiger partial charge >= 0.3 is 5.69 Å². The molecule has 1 saturated heterocycles. The zero-order valence-corrected chi connectivity index (χ0v) is 17.8. The van der Waals surface area contributed by atoms with Crippen LogP contribution in [-0.4, -0.2) is 44.8 Å². The Morgan fingerprint density at radius 1 is 1.09 bits per heavy atom. The molecule has 1 aliphatic rings. The van der Waals surface area contributed by atoms with Crippen molar-refractivity contribution in [2.75, 3.05) is 29.9 Å². The molecule has 1 amide bonds. The van der Waals surface area contributed by atoms with Crippen LogP contribution in [0.3, 0.4) is 0 Å². The summed E-state index contributed by atoms with van der Waals surface area (Å²) in [6, 6.07) is 14.6. The van der Waals surface area contributed by atoms with Crippen molar-refractivity contribution < 1.29 is 9.53 Å². The molecule has 9 nitrogen and oxygen atoms in total. The number of carbonyl (C=O) groups excluding carboxylic acids is 1. The molecule has 0 bridgehead atoms. The van der Waals surface area contributed by atoms with Gasteiger partial charge in [0.25, 0.3) is 0 Å². The highest BCUT2D eigenvalue weighted by Crippen LogP contribution is 2.25. The van der Waals surface area contributed by atoms with E-state index in [1.807, 2.05) is 31.2 Å². The van der Waals surface area contributed by atoms with Gasteiger partial charge in [-0.15, -0.1) is 5.10 Å². The zero-order valence-electron chi connectivity index (χ0n) is 17.8. The first-order valence-corrected chi connectivity index (χ1v) is 10.8. The number of anilines is 2. The molecule has 2 aromatic carbocycles. The second-order valence-corrected chi connectivity index (χ2v) is 7.72. The van der Waals surface area contributed by atoms with Gasteiger partial charge in [0.2, 0.25) is 11.6 Å². The lowest BCUT2D eigenvalue weighted by Crippen LogP contribution is -2.28. The molecule has 32 heavy (non-hydrogen) atoms. The SMILES string of the molecule is CCOc1ccc(NC(=O)Cn2nc3c(N4CCCC4)nc4ccccc4n3c2=O)cc1. The Morgan fingerprint density at radius 2 is 1.84 bits per heavy atom. The molecular formula is C23H24N6O3. The van der Waals surface area contributed by atoms with E-state index < -0.39 is 0 Å². The van der Waals surface area contributed by atoms with Gasteiger partial charge in [0.1, 0.15) is 12.3 Å². The minimum absolute atomic E-state index is 0.193. The smallest absolute Gasteiger partial charge is 0.351 e. The number of hydrogen-bond acceptors (Lipinski definition) is 6. The lowest BCUT2D eigenvalue weighted by molar-refractivity contribution is -0.117. The van der Waals surface area contributed by atoms with E-state index in [2.05, 4.69) is 15.3 Å². The fourth-order valence-electron chi connectivity index (χ4n) is 4.06. The Kier molecular flexibility index (Phi) is 5.22. The van der Waals surface area contributed by atoms with Crippen molar-refractivity contribution in [3.8, 4) is 5.75 Å². The summed E-state index contributed by atoms with van der Waals surface area (Å²) < 4.78 is 8.18.